The molecule has 0 unspecified atom stereocenters. The Morgan fingerprint density at radius 3 is 1.26 bits per heavy atom. The lowest BCUT2D eigenvalue weighted by atomic mass is 9.88. The molecule has 0 aliphatic carbocycles. The number of nitrogens with one attached hydrogen (secondary N) is 2. The molecule has 4 aromatic carbocycles. The van der Waals surface area contributed by atoms with Crippen LogP contribution < -0.4 is 22.1 Å². The SMILES string of the molecule is Cc1cccc(C(=O)Nc2ccc(N)cc2)c1-c1c(C)cccc1C(=O)Nc1ccc(N)cc1. The number of benzene rings is 4. The van der Waals surface area contributed by atoms with E-state index in [0.29, 0.717) is 33.9 Å². The van der Waals surface area contributed by atoms with Crippen molar-refractivity contribution < 1.29 is 9.59 Å². The number of nitrogens with two attached hydrogens (primary N) is 2. The molecule has 0 aromatic heterocycles. The first-order valence-corrected chi connectivity index (χ1v) is 10.9. The van der Waals surface area contributed by atoms with E-state index in [4.69, 9.17) is 11.5 Å². The van der Waals surface area contributed by atoms with Gasteiger partial charge in [-0.1, -0.05) is 24.3 Å². The first kappa shape index (κ1) is 22.6. The van der Waals surface area contributed by atoms with Gasteiger partial charge in [-0.2, -0.15) is 0 Å². The third kappa shape index (κ3) is 4.76. The first-order chi connectivity index (χ1) is 16.3. The number of hydrogen-bond donors (Lipinski definition) is 4. The van der Waals surface area contributed by atoms with E-state index in [1.165, 1.54) is 0 Å². The van der Waals surface area contributed by atoms with Crippen molar-refractivity contribution in [3.05, 3.63) is 107 Å². The molecule has 0 saturated carbocycles. The molecule has 4 rings (SSSR count). The molecule has 2 amide bonds. The number of amides is 2. The molecule has 0 aliphatic heterocycles. The van der Waals surface area contributed by atoms with Gasteiger partial charge in [-0.05, 0) is 96.8 Å². The van der Waals surface area contributed by atoms with Crippen LogP contribution in [0.4, 0.5) is 22.7 Å². The highest BCUT2D eigenvalue weighted by molar-refractivity contribution is 6.14. The number of rotatable bonds is 5. The van der Waals surface area contributed by atoms with Crippen LogP contribution in [0.5, 0.6) is 0 Å². The molecule has 0 bridgehead atoms. The van der Waals surface area contributed by atoms with Crippen LogP contribution in [0, 0.1) is 13.8 Å². The van der Waals surface area contributed by atoms with E-state index in [-0.39, 0.29) is 11.8 Å². The minimum atomic E-state index is -0.267. The minimum absolute atomic E-state index is 0.267. The maximum Gasteiger partial charge on any atom is 0.256 e. The van der Waals surface area contributed by atoms with E-state index in [2.05, 4.69) is 10.6 Å². The second-order valence-corrected chi connectivity index (χ2v) is 8.15. The van der Waals surface area contributed by atoms with Crippen molar-refractivity contribution >= 4 is 34.6 Å². The molecule has 0 saturated heterocycles. The number of aryl methyl sites for hydroxylation is 2. The minimum Gasteiger partial charge on any atom is -0.399 e. The summed E-state index contributed by atoms with van der Waals surface area (Å²) in [4.78, 5) is 26.6. The van der Waals surface area contributed by atoms with E-state index in [9.17, 15) is 9.59 Å². The fraction of sp³-hybridized carbons (Fsp3) is 0.0714. The fourth-order valence-corrected chi connectivity index (χ4v) is 3.91. The van der Waals surface area contributed by atoms with Crippen molar-refractivity contribution in [2.24, 2.45) is 0 Å². The molecule has 34 heavy (non-hydrogen) atoms. The van der Waals surface area contributed by atoms with Crippen LogP contribution in [0.15, 0.2) is 84.9 Å². The summed E-state index contributed by atoms with van der Waals surface area (Å²) in [6.07, 6.45) is 0. The topological polar surface area (TPSA) is 110 Å². The Labute approximate surface area is 198 Å². The lowest BCUT2D eigenvalue weighted by Gasteiger charge is -2.18. The van der Waals surface area contributed by atoms with Crippen LogP contribution in [0.3, 0.4) is 0 Å². The van der Waals surface area contributed by atoms with E-state index in [1.807, 2.05) is 38.1 Å². The van der Waals surface area contributed by atoms with E-state index >= 15 is 0 Å². The Bertz CT molecular complexity index is 1250. The Balaban J connectivity index is 1.76. The number of nitrogen functional groups attached to an aromatic ring is 2. The molecule has 0 heterocycles. The summed E-state index contributed by atoms with van der Waals surface area (Å²) < 4.78 is 0. The van der Waals surface area contributed by atoms with Crippen molar-refractivity contribution in [2.45, 2.75) is 13.8 Å². The Morgan fingerprint density at radius 1 is 0.559 bits per heavy atom. The molecule has 6 heteroatoms. The highest BCUT2D eigenvalue weighted by Crippen LogP contribution is 2.34. The van der Waals surface area contributed by atoms with Gasteiger partial charge in [-0.3, -0.25) is 9.59 Å². The number of hydrogen-bond acceptors (Lipinski definition) is 4. The molecular formula is C28H26N4O2. The van der Waals surface area contributed by atoms with Gasteiger partial charge in [0, 0.05) is 33.9 Å². The standard InChI is InChI=1S/C28H26N4O2/c1-17-5-3-7-23(27(33)31-21-13-9-19(29)10-14-21)25(17)26-18(2)6-4-8-24(26)28(34)32-22-15-11-20(30)12-16-22/h3-16H,29-30H2,1-2H3,(H,31,33)(H,32,34). The Hall–Kier alpha value is -4.58. The zero-order valence-corrected chi connectivity index (χ0v) is 19.1. The predicted octanol–water partition coefficient (Wildman–Crippen LogP) is 5.64. The normalized spacial score (nSPS) is 10.5. The van der Waals surface area contributed by atoms with Gasteiger partial charge >= 0.3 is 0 Å². The maximum atomic E-state index is 13.3. The maximum absolute atomic E-state index is 13.3. The number of carbonyl (C=O) groups excluding carboxylic acids is 2. The van der Waals surface area contributed by atoms with Crippen LogP contribution in [0.2, 0.25) is 0 Å². The number of carbonyl (C=O) groups is 2. The predicted molar refractivity (Wildman–Crippen MR) is 139 cm³/mol. The molecule has 6 nitrogen and oxygen atoms in total. The Kier molecular flexibility index (Phi) is 6.32. The van der Waals surface area contributed by atoms with Crippen LogP contribution in [-0.4, -0.2) is 11.8 Å². The smallest absolute Gasteiger partial charge is 0.256 e. The summed E-state index contributed by atoms with van der Waals surface area (Å²) in [5, 5.41) is 5.86. The van der Waals surface area contributed by atoms with Crippen molar-refractivity contribution in [1.29, 1.82) is 0 Å². The van der Waals surface area contributed by atoms with Crippen molar-refractivity contribution in [3.63, 3.8) is 0 Å². The Morgan fingerprint density at radius 2 is 0.912 bits per heavy atom. The molecule has 0 atom stereocenters. The molecule has 0 spiro atoms. The molecule has 0 aliphatic rings. The van der Waals surface area contributed by atoms with Gasteiger partial charge in [-0.15, -0.1) is 0 Å². The highest BCUT2D eigenvalue weighted by atomic mass is 16.2. The monoisotopic (exact) mass is 450 g/mol. The summed E-state index contributed by atoms with van der Waals surface area (Å²) >= 11 is 0. The third-order valence-corrected chi connectivity index (χ3v) is 5.62. The first-order valence-electron chi connectivity index (χ1n) is 10.9. The van der Waals surface area contributed by atoms with Gasteiger partial charge < -0.3 is 22.1 Å². The third-order valence-electron chi connectivity index (χ3n) is 5.62. The van der Waals surface area contributed by atoms with Gasteiger partial charge in [0.2, 0.25) is 0 Å². The van der Waals surface area contributed by atoms with Crippen LogP contribution >= 0.6 is 0 Å². The zero-order chi connectivity index (χ0) is 24.2. The largest absolute Gasteiger partial charge is 0.399 e. The summed E-state index contributed by atoms with van der Waals surface area (Å²) in [6.45, 7) is 3.87. The molecule has 0 radical (unpaired) electrons. The lowest BCUT2D eigenvalue weighted by Crippen LogP contribution is -2.17. The average Bonchev–Trinajstić information content (AvgIpc) is 2.82. The summed E-state index contributed by atoms with van der Waals surface area (Å²) in [6, 6.07) is 25.0. The summed E-state index contributed by atoms with van der Waals surface area (Å²) in [5.74, 6) is -0.534. The van der Waals surface area contributed by atoms with Crippen molar-refractivity contribution in [1.82, 2.24) is 0 Å². The molecule has 170 valence electrons. The van der Waals surface area contributed by atoms with Gasteiger partial charge in [0.25, 0.3) is 11.8 Å². The van der Waals surface area contributed by atoms with Crippen LogP contribution in [0.1, 0.15) is 31.8 Å². The van der Waals surface area contributed by atoms with Gasteiger partial charge in [0.05, 0.1) is 0 Å². The average molecular weight is 451 g/mol. The lowest BCUT2D eigenvalue weighted by molar-refractivity contribution is 0.101. The quantitative estimate of drug-likeness (QED) is 0.295. The van der Waals surface area contributed by atoms with Crippen LogP contribution in [0.25, 0.3) is 11.1 Å². The van der Waals surface area contributed by atoms with Crippen molar-refractivity contribution in [3.8, 4) is 11.1 Å². The van der Waals surface area contributed by atoms with E-state index < -0.39 is 0 Å². The molecular weight excluding hydrogens is 424 g/mol. The van der Waals surface area contributed by atoms with Gasteiger partial charge in [0.15, 0.2) is 0 Å². The van der Waals surface area contributed by atoms with E-state index in [0.717, 1.165) is 22.3 Å². The molecule has 0 fully saturated rings. The summed E-state index contributed by atoms with van der Waals surface area (Å²) in [7, 11) is 0. The summed E-state index contributed by atoms with van der Waals surface area (Å²) in [5.41, 5.74) is 18.2. The fourth-order valence-electron chi connectivity index (χ4n) is 3.91. The van der Waals surface area contributed by atoms with Crippen molar-refractivity contribution in [2.75, 3.05) is 22.1 Å². The second kappa shape index (κ2) is 9.50. The molecule has 4 aromatic rings. The molecule has 6 N–H and O–H groups in total. The van der Waals surface area contributed by atoms with Gasteiger partial charge in [-0.25, -0.2) is 0 Å². The highest BCUT2D eigenvalue weighted by Gasteiger charge is 2.22. The second-order valence-electron chi connectivity index (χ2n) is 8.15. The van der Waals surface area contributed by atoms with Gasteiger partial charge in [0.1, 0.15) is 0 Å². The van der Waals surface area contributed by atoms with E-state index in [1.54, 1.807) is 60.7 Å². The number of anilines is 4. The van der Waals surface area contributed by atoms with Crippen LogP contribution in [-0.2, 0) is 0 Å². The zero-order valence-electron chi connectivity index (χ0n) is 19.1.